The van der Waals surface area contributed by atoms with Gasteiger partial charge in [-0.2, -0.15) is 0 Å². The number of carbonyl (C=O) groups excluding carboxylic acids is 1. The molecule has 0 saturated carbocycles. The van der Waals surface area contributed by atoms with Crippen molar-refractivity contribution in [2.75, 3.05) is 11.9 Å². The van der Waals surface area contributed by atoms with Crippen LogP contribution in [0.15, 0.2) is 57.9 Å². The average Bonchev–Trinajstić information content (AvgIpc) is 2.53. The summed E-state index contributed by atoms with van der Waals surface area (Å²) >= 11 is 3.34. The van der Waals surface area contributed by atoms with E-state index in [1.165, 1.54) is 18.2 Å². The van der Waals surface area contributed by atoms with Crippen LogP contribution in [0.2, 0.25) is 0 Å². The fourth-order valence-corrected chi connectivity index (χ4v) is 2.75. The molecule has 2 aromatic rings. The second-order valence-corrected chi connectivity index (χ2v) is 7.50. The van der Waals surface area contributed by atoms with Crippen LogP contribution in [-0.2, 0) is 14.8 Å². The number of halogens is 1. The molecular formula is C16H17BrN2O4S. The Bertz CT molecular complexity index is 807. The molecule has 2 aromatic carbocycles. The van der Waals surface area contributed by atoms with E-state index >= 15 is 0 Å². The lowest BCUT2D eigenvalue weighted by atomic mass is 10.2. The summed E-state index contributed by atoms with van der Waals surface area (Å²) in [5, 5.41) is 7.70. The summed E-state index contributed by atoms with van der Waals surface area (Å²) in [6.45, 7) is 0.409. The molecule has 0 aliphatic rings. The molecule has 0 bridgehead atoms. The maximum atomic E-state index is 11.9. The third-order valence-corrected chi connectivity index (χ3v) is 4.52. The first-order valence-corrected chi connectivity index (χ1v) is 9.49. The highest BCUT2D eigenvalue weighted by Gasteiger charge is 2.09. The van der Waals surface area contributed by atoms with Crippen molar-refractivity contribution in [1.82, 2.24) is 0 Å². The number of hydrogen-bond acceptors (Lipinski definition) is 4. The molecule has 1 amide bonds. The number of benzene rings is 2. The molecule has 0 heterocycles. The Kier molecular flexibility index (Phi) is 6.36. The number of amides is 1. The largest absolute Gasteiger partial charge is 0.494 e. The van der Waals surface area contributed by atoms with Gasteiger partial charge < -0.3 is 10.1 Å². The average molecular weight is 413 g/mol. The number of nitrogens with one attached hydrogen (secondary N) is 1. The summed E-state index contributed by atoms with van der Waals surface area (Å²) in [5.41, 5.74) is 0.389. The number of nitrogens with two attached hydrogens (primary N) is 1. The molecular weight excluding hydrogens is 396 g/mol. The van der Waals surface area contributed by atoms with Crippen molar-refractivity contribution in [2.45, 2.75) is 17.7 Å². The first-order chi connectivity index (χ1) is 11.3. The molecule has 0 saturated heterocycles. The SMILES string of the molecule is NS(=O)(=O)c1cccc(NC(=O)CCCOc2ccc(Br)cc2)c1. The van der Waals surface area contributed by atoms with Crippen molar-refractivity contribution in [2.24, 2.45) is 5.14 Å². The lowest BCUT2D eigenvalue weighted by Gasteiger charge is -2.08. The van der Waals surface area contributed by atoms with Crippen LogP contribution < -0.4 is 15.2 Å². The van der Waals surface area contributed by atoms with Gasteiger partial charge >= 0.3 is 0 Å². The maximum absolute atomic E-state index is 11.9. The zero-order valence-electron chi connectivity index (χ0n) is 12.7. The Balaban J connectivity index is 1.78. The quantitative estimate of drug-likeness (QED) is 0.682. The van der Waals surface area contributed by atoms with E-state index in [9.17, 15) is 13.2 Å². The van der Waals surface area contributed by atoms with Gasteiger partial charge in [0.2, 0.25) is 15.9 Å². The summed E-state index contributed by atoms with van der Waals surface area (Å²) in [7, 11) is -3.79. The lowest BCUT2D eigenvalue weighted by Crippen LogP contribution is -2.15. The minimum absolute atomic E-state index is 0.0427. The van der Waals surface area contributed by atoms with E-state index in [2.05, 4.69) is 21.2 Å². The Morgan fingerprint density at radius 3 is 2.54 bits per heavy atom. The van der Waals surface area contributed by atoms with Crippen LogP contribution in [0.4, 0.5) is 5.69 Å². The van der Waals surface area contributed by atoms with Gasteiger partial charge in [-0.3, -0.25) is 4.79 Å². The van der Waals surface area contributed by atoms with Crippen LogP contribution in [0.5, 0.6) is 5.75 Å². The van der Waals surface area contributed by atoms with E-state index in [0.29, 0.717) is 18.7 Å². The number of rotatable bonds is 7. The normalized spacial score (nSPS) is 11.1. The molecule has 2 rings (SSSR count). The Labute approximate surface area is 149 Å². The van der Waals surface area contributed by atoms with Gasteiger partial charge in [0.15, 0.2) is 0 Å². The molecule has 8 heteroatoms. The van der Waals surface area contributed by atoms with Crippen molar-refractivity contribution < 1.29 is 17.9 Å². The summed E-state index contributed by atoms with van der Waals surface area (Å²) in [6.07, 6.45) is 0.799. The number of sulfonamides is 1. The van der Waals surface area contributed by atoms with Crippen LogP contribution in [-0.4, -0.2) is 20.9 Å². The topological polar surface area (TPSA) is 98.5 Å². The smallest absolute Gasteiger partial charge is 0.238 e. The van der Waals surface area contributed by atoms with Crippen molar-refractivity contribution in [1.29, 1.82) is 0 Å². The molecule has 3 N–H and O–H groups in total. The van der Waals surface area contributed by atoms with Gasteiger partial charge in [-0.15, -0.1) is 0 Å². The Morgan fingerprint density at radius 1 is 1.17 bits per heavy atom. The molecule has 24 heavy (non-hydrogen) atoms. The monoisotopic (exact) mass is 412 g/mol. The van der Waals surface area contributed by atoms with E-state index in [4.69, 9.17) is 9.88 Å². The minimum Gasteiger partial charge on any atom is -0.494 e. The van der Waals surface area contributed by atoms with Crippen LogP contribution in [0, 0.1) is 0 Å². The van der Waals surface area contributed by atoms with Gasteiger partial charge in [-0.05, 0) is 48.9 Å². The van der Waals surface area contributed by atoms with Crippen LogP contribution in [0.3, 0.4) is 0 Å². The standard InChI is InChI=1S/C16H17BrN2O4S/c17-12-6-8-14(9-7-12)23-10-2-5-16(20)19-13-3-1-4-15(11-13)24(18,21)22/h1,3-4,6-9,11H,2,5,10H2,(H,19,20)(H2,18,21,22). The maximum Gasteiger partial charge on any atom is 0.238 e. The van der Waals surface area contributed by atoms with Gasteiger partial charge in [0.25, 0.3) is 0 Å². The fraction of sp³-hybridized carbons (Fsp3) is 0.188. The predicted molar refractivity (Wildman–Crippen MR) is 95.3 cm³/mol. The van der Waals surface area contributed by atoms with E-state index in [1.54, 1.807) is 6.07 Å². The molecule has 128 valence electrons. The number of hydrogen-bond donors (Lipinski definition) is 2. The van der Waals surface area contributed by atoms with E-state index in [1.807, 2.05) is 24.3 Å². The first-order valence-electron chi connectivity index (χ1n) is 7.16. The predicted octanol–water partition coefficient (Wildman–Crippen LogP) is 2.89. The number of anilines is 1. The fourth-order valence-electron chi connectivity index (χ4n) is 1.93. The highest BCUT2D eigenvalue weighted by molar-refractivity contribution is 9.10. The molecule has 0 aliphatic carbocycles. The molecule has 0 aromatic heterocycles. The molecule has 0 aliphatic heterocycles. The Morgan fingerprint density at radius 2 is 1.88 bits per heavy atom. The minimum atomic E-state index is -3.79. The van der Waals surface area contributed by atoms with E-state index in [-0.39, 0.29) is 17.2 Å². The highest BCUT2D eigenvalue weighted by atomic mass is 79.9. The van der Waals surface area contributed by atoms with Gasteiger partial charge in [-0.25, -0.2) is 13.6 Å². The van der Waals surface area contributed by atoms with E-state index < -0.39 is 10.0 Å². The third kappa shape index (κ3) is 5.95. The second-order valence-electron chi connectivity index (χ2n) is 5.03. The zero-order valence-corrected chi connectivity index (χ0v) is 15.1. The van der Waals surface area contributed by atoms with Gasteiger partial charge in [-0.1, -0.05) is 22.0 Å². The number of primary sulfonamides is 1. The van der Waals surface area contributed by atoms with E-state index in [0.717, 1.165) is 10.2 Å². The summed E-state index contributed by atoms with van der Waals surface area (Å²) in [4.78, 5) is 11.8. The molecule has 0 fully saturated rings. The zero-order chi connectivity index (χ0) is 17.6. The molecule has 0 radical (unpaired) electrons. The second kappa shape index (κ2) is 8.27. The molecule has 6 nitrogen and oxygen atoms in total. The third-order valence-electron chi connectivity index (χ3n) is 3.08. The van der Waals surface area contributed by atoms with Crippen LogP contribution in [0.25, 0.3) is 0 Å². The van der Waals surface area contributed by atoms with Crippen molar-refractivity contribution in [3.05, 3.63) is 53.0 Å². The summed E-state index contributed by atoms with van der Waals surface area (Å²) < 4.78 is 29.1. The van der Waals surface area contributed by atoms with Gasteiger partial charge in [0.1, 0.15) is 5.75 Å². The lowest BCUT2D eigenvalue weighted by molar-refractivity contribution is -0.116. The van der Waals surface area contributed by atoms with Crippen molar-refractivity contribution >= 4 is 37.5 Å². The first kappa shape index (κ1) is 18.4. The number of carbonyl (C=O) groups is 1. The molecule has 0 unspecified atom stereocenters. The number of ether oxygens (including phenoxy) is 1. The summed E-state index contributed by atoms with van der Waals surface area (Å²) in [5.74, 6) is 0.514. The van der Waals surface area contributed by atoms with Crippen molar-refractivity contribution in [3.63, 3.8) is 0 Å². The highest BCUT2D eigenvalue weighted by Crippen LogP contribution is 2.17. The van der Waals surface area contributed by atoms with Crippen LogP contribution >= 0.6 is 15.9 Å². The summed E-state index contributed by atoms with van der Waals surface area (Å²) in [6, 6.07) is 13.2. The van der Waals surface area contributed by atoms with Crippen molar-refractivity contribution in [3.8, 4) is 5.75 Å². The Hall–Kier alpha value is -1.90. The molecule has 0 atom stereocenters. The van der Waals surface area contributed by atoms with Crippen LogP contribution in [0.1, 0.15) is 12.8 Å². The molecule has 0 spiro atoms. The van der Waals surface area contributed by atoms with Gasteiger partial charge in [0.05, 0.1) is 11.5 Å². The van der Waals surface area contributed by atoms with Gasteiger partial charge in [0, 0.05) is 16.6 Å².